The summed E-state index contributed by atoms with van der Waals surface area (Å²) in [6.07, 6.45) is 3.78. The van der Waals surface area contributed by atoms with Gasteiger partial charge in [-0.2, -0.15) is 5.21 Å². The van der Waals surface area contributed by atoms with Crippen LogP contribution in [0.3, 0.4) is 0 Å². The van der Waals surface area contributed by atoms with Gasteiger partial charge in [-0.15, -0.1) is 32.9 Å². The first-order valence-corrected chi connectivity index (χ1v) is 17.7. The summed E-state index contributed by atoms with van der Waals surface area (Å²) in [6, 6.07) is 20.0. The van der Waals surface area contributed by atoms with Crippen molar-refractivity contribution in [3.8, 4) is 5.75 Å². The van der Waals surface area contributed by atoms with Crippen LogP contribution >= 0.6 is 34.3 Å². The van der Waals surface area contributed by atoms with E-state index in [1.807, 2.05) is 48.7 Å². The Morgan fingerprint density at radius 3 is 2.65 bits per heavy atom. The van der Waals surface area contributed by atoms with Crippen LogP contribution in [0.25, 0.3) is 21.1 Å². The van der Waals surface area contributed by atoms with Crippen molar-refractivity contribution >= 4 is 61.3 Å². The summed E-state index contributed by atoms with van der Waals surface area (Å²) in [5.74, 6) is 1.32. The zero-order valence-electron chi connectivity index (χ0n) is 26.5. The van der Waals surface area contributed by atoms with Gasteiger partial charge in [0.05, 0.1) is 39.6 Å². The number of hydrogen-bond acceptors (Lipinski definition) is 9. The number of benzene rings is 3. The quantitative estimate of drug-likeness (QED) is 0.134. The molecule has 3 aromatic carbocycles. The van der Waals surface area contributed by atoms with E-state index in [9.17, 15) is 4.79 Å². The molecule has 0 fully saturated rings. The standard InChI is InChI=1S/C35H33ClN8O2S2/c1-21-38-25(20-47-21)19-37-35(45)23-6-11-31-28(17-23)27(10-5-22-3-7-24(36)8-4-22)30(44(31)16-15-33-40-42-43-41-33)12-14-34-39-29-18-26(46-2)9-13-32(29)48-34/h3-4,6-9,11,13,17-18,20H,5,10,12,14-16,19H2,1-2H3,(H,37,45)(H,40,41,42,43). The number of halogens is 1. The molecule has 0 saturated heterocycles. The van der Waals surface area contributed by atoms with Gasteiger partial charge >= 0.3 is 0 Å². The maximum Gasteiger partial charge on any atom is 0.251 e. The number of aromatic amines is 1. The number of nitrogens with zero attached hydrogens (tertiary/aromatic N) is 6. The molecule has 0 aliphatic carbocycles. The number of hydrogen-bond donors (Lipinski definition) is 2. The van der Waals surface area contributed by atoms with Crippen molar-refractivity contribution in [3.05, 3.63) is 115 Å². The van der Waals surface area contributed by atoms with Gasteiger partial charge in [-0.1, -0.05) is 28.9 Å². The van der Waals surface area contributed by atoms with Crippen molar-refractivity contribution in [3.63, 3.8) is 0 Å². The molecule has 1 amide bonds. The topological polar surface area (TPSA) is 124 Å². The third-order valence-corrected chi connectivity index (χ3v) is 10.6. The highest BCUT2D eigenvalue weighted by molar-refractivity contribution is 7.18. The van der Waals surface area contributed by atoms with Crippen molar-refractivity contribution in [2.45, 2.75) is 52.1 Å². The molecule has 244 valence electrons. The molecule has 7 rings (SSSR count). The number of carbonyl (C=O) groups excluding carboxylic acids is 1. The Labute approximate surface area is 290 Å². The van der Waals surface area contributed by atoms with Crippen LogP contribution in [0.2, 0.25) is 5.02 Å². The maximum absolute atomic E-state index is 13.4. The number of amides is 1. The van der Waals surface area contributed by atoms with Gasteiger partial charge < -0.3 is 14.6 Å². The molecule has 0 radical (unpaired) electrons. The molecule has 10 nitrogen and oxygen atoms in total. The Morgan fingerprint density at radius 1 is 1.00 bits per heavy atom. The van der Waals surface area contributed by atoms with Crippen LogP contribution in [-0.2, 0) is 45.2 Å². The SMILES string of the molecule is COc1ccc2sc(CCc3c(CCc4ccc(Cl)cc4)c4cc(C(=O)NCc5csc(C)n5)ccc4n3CCc3nn[nH]n3)nc2c1. The van der Waals surface area contributed by atoms with E-state index in [-0.39, 0.29) is 5.91 Å². The molecule has 13 heteroatoms. The Hall–Kier alpha value is -4.65. The molecule has 0 unspecified atom stereocenters. The maximum atomic E-state index is 13.4. The number of fused-ring (bicyclic) bond motifs is 2. The van der Waals surface area contributed by atoms with Gasteiger partial charge in [0.15, 0.2) is 5.82 Å². The van der Waals surface area contributed by atoms with E-state index in [4.69, 9.17) is 21.3 Å². The van der Waals surface area contributed by atoms with E-state index in [0.29, 0.717) is 30.9 Å². The number of ether oxygens (including phenoxy) is 1. The van der Waals surface area contributed by atoms with E-state index in [0.717, 1.165) is 73.3 Å². The van der Waals surface area contributed by atoms with Gasteiger partial charge in [0, 0.05) is 58.0 Å². The zero-order valence-corrected chi connectivity index (χ0v) is 28.9. The molecule has 0 aliphatic heterocycles. The Morgan fingerprint density at radius 2 is 1.88 bits per heavy atom. The third kappa shape index (κ3) is 7.10. The van der Waals surface area contributed by atoms with Gasteiger partial charge in [0.1, 0.15) is 5.75 Å². The fraction of sp³-hybridized carbons (Fsp3) is 0.257. The first-order chi connectivity index (χ1) is 23.4. The molecule has 0 spiro atoms. The predicted molar refractivity (Wildman–Crippen MR) is 190 cm³/mol. The summed E-state index contributed by atoms with van der Waals surface area (Å²) in [4.78, 5) is 22.8. The van der Waals surface area contributed by atoms with Crippen LogP contribution in [0, 0.1) is 6.92 Å². The van der Waals surface area contributed by atoms with Gasteiger partial charge in [-0.05, 0) is 79.8 Å². The van der Waals surface area contributed by atoms with Crippen molar-refractivity contribution in [1.82, 2.24) is 40.5 Å². The van der Waals surface area contributed by atoms with Crippen molar-refractivity contribution in [1.29, 1.82) is 0 Å². The van der Waals surface area contributed by atoms with Gasteiger partial charge in [-0.3, -0.25) is 4.79 Å². The number of rotatable bonds is 13. The number of tetrazole rings is 1. The first-order valence-electron chi connectivity index (χ1n) is 15.7. The van der Waals surface area contributed by atoms with Crippen LogP contribution in [0.4, 0.5) is 0 Å². The van der Waals surface area contributed by atoms with Crippen LogP contribution in [-0.4, -0.2) is 48.2 Å². The van der Waals surface area contributed by atoms with E-state index in [1.165, 1.54) is 16.8 Å². The fourth-order valence-electron chi connectivity index (χ4n) is 6.04. The van der Waals surface area contributed by atoms with Crippen molar-refractivity contribution in [2.75, 3.05) is 7.11 Å². The summed E-state index contributed by atoms with van der Waals surface area (Å²) in [5.41, 5.74) is 7.13. The Bertz CT molecular complexity index is 2190. The lowest BCUT2D eigenvalue weighted by molar-refractivity contribution is 0.0950. The molecule has 2 N–H and O–H groups in total. The first kappa shape index (κ1) is 31.9. The summed E-state index contributed by atoms with van der Waals surface area (Å²) in [6.45, 7) is 3.01. The van der Waals surface area contributed by atoms with Crippen LogP contribution in [0.15, 0.2) is 66.0 Å². The molecule has 0 saturated carbocycles. The largest absolute Gasteiger partial charge is 0.497 e. The van der Waals surface area contributed by atoms with Gasteiger partial charge in [0.25, 0.3) is 5.91 Å². The minimum absolute atomic E-state index is 0.128. The normalized spacial score (nSPS) is 11.5. The second kappa shape index (κ2) is 14.2. The average Bonchev–Trinajstić information content (AvgIpc) is 3.91. The summed E-state index contributed by atoms with van der Waals surface area (Å²) in [7, 11) is 1.67. The molecule has 4 aromatic heterocycles. The molecular weight excluding hydrogens is 664 g/mol. The molecule has 7 aromatic rings. The van der Waals surface area contributed by atoms with Gasteiger partial charge in [-0.25, -0.2) is 9.97 Å². The summed E-state index contributed by atoms with van der Waals surface area (Å²) >= 11 is 9.49. The van der Waals surface area contributed by atoms with E-state index < -0.39 is 0 Å². The highest BCUT2D eigenvalue weighted by atomic mass is 35.5. The number of aromatic nitrogens is 7. The zero-order chi connectivity index (χ0) is 33.0. The number of aryl methyl sites for hydroxylation is 6. The molecule has 48 heavy (non-hydrogen) atoms. The highest BCUT2D eigenvalue weighted by Gasteiger charge is 2.20. The Balaban J connectivity index is 1.26. The van der Waals surface area contributed by atoms with E-state index in [2.05, 4.69) is 59.8 Å². The average molecular weight is 697 g/mol. The lowest BCUT2D eigenvalue weighted by atomic mass is 9.99. The highest BCUT2D eigenvalue weighted by Crippen LogP contribution is 2.32. The molecule has 4 heterocycles. The third-order valence-electron chi connectivity index (χ3n) is 8.39. The fourth-order valence-corrected chi connectivity index (χ4v) is 7.72. The lowest BCUT2D eigenvalue weighted by Crippen LogP contribution is -2.22. The molecule has 0 atom stereocenters. The number of carbonyl (C=O) groups is 1. The minimum Gasteiger partial charge on any atom is -0.497 e. The summed E-state index contributed by atoms with van der Waals surface area (Å²) in [5, 5.41) is 23.6. The minimum atomic E-state index is -0.128. The molecule has 0 bridgehead atoms. The van der Waals surface area contributed by atoms with Crippen LogP contribution < -0.4 is 10.1 Å². The number of thiazole rings is 2. The smallest absolute Gasteiger partial charge is 0.251 e. The second-order valence-corrected chi connectivity index (χ2v) is 14.1. The lowest BCUT2D eigenvalue weighted by Gasteiger charge is -2.12. The van der Waals surface area contributed by atoms with Crippen LogP contribution in [0.5, 0.6) is 5.75 Å². The Kier molecular flexibility index (Phi) is 9.46. The predicted octanol–water partition coefficient (Wildman–Crippen LogP) is 6.93. The molecule has 0 aliphatic rings. The van der Waals surface area contributed by atoms with Crippen molar-refractivity contribution in [2.24, 2.45) is 0 Å². The summed E-state index contributed by atoms with van der Waals surface area (Å²) < 4.78 is 8.92. The second-order valence-electron chi connectivity index (χ2n) is 11.5. The number of H-pyrrole nitrogens is 1. The molecular formula is C35H33ClN8O2S2. The van der Waals surface area contributed by atoms with E-state index >= 15 is 0 Å². The number of nitrogens with one attached hydrogen (secondary N) is 2. The number of methoxy groups -OCH3 is 1. The van der Waals surface area contributed by atoms with Gasteiger partial charge in [0.2, 0.25) is 0 Å². The monoisotopic (exact) mass is 696 g/mol. The van der Waals surface area contributed by atoms with E-state index in [1.54, 1.807) is 29.8 Å². The van der Waals surface area contributed by atoms with Crippen LogP contribution in [0.1, 0.15) is 48.7 Å². The van der Waals surface area contributed by atoms with Crippen molar-refractivity contribution < 1.29 is 9.53 Å².